The second-order valence-electron chi connectivity index (χ2n) is 13.4. The molecule has 236 valence electrons. The zero-order chi connectivity index (χ0) is 30.6. The van der Waals surface area contributed by atoms with Crippen LogP contribution in [0.4, 0.5) is 10.5 Å². The maximum Gasteiger partial charge on any atom is 0.322 e. The lowest BCUT2D eigenvalue weighted by Gasteiger charge is -2.41. The molecular weight excluding hydrogens is 618 g/mol. The minimum absolute atomic E-state index is 0.0476. The number of carbonyl (C=O) groups is 3. The molecule has 1 atom stereocenters. The van der Waals surface area contributed by atoms with E-state index in [4.69, 9.17) is 0 Å². The molecule has 2 aromatic rings. The van der Waals surface area contributed by atoms with Gasteiger partial charge in [0.15, 0.2) is 0 Å². The molecule has 44 heavy (non-hydrogen) atoms. The molecule has 0 saturated carbocycles. The summed E-state index contributed by atoms with van der Waals surface area (Å²) in [7, 11) is 2.21. The molecule has 2 aromatic carbocycles. The molecular formula is C35H46BrN5O3. The molecule has 9 heteroatoms. The van der Waals surface area contributed by atoms with E-state index in [0.717, 1.165) is 66.0 Å². The minimum atomic E-state index is -0.376. The van der Waals surface area contributed by atoms with Gasteiger partial charge in [-0.05, 0) is 106 Å². The number of nitrogens with zero attached hydrogens (tertiary/aromatic N) is 4. The largest absolute Gasteiger partial charge is 0.343 e. The van der Waals surface area contributed by atoms with E-state index in [9.17, 15) is 14.4 Å². The Kier molecular flexibility index (Phi) is 9.91. The van der Waals surface area contributed by atoms with Gasteiger partial charge in [-0.3, -0.25) is 9.59 Å². The Morgan fingerprint density at radius 2 is 1.52 bits per heavy atom. The summed E-state index contributed by atoms with van der Waals surface area (Å²) in [5.74, 6) is 1.27. The third-order valence-electron chi connectivity index (χ3n) is 10.5. The van der Waals surface area contributed by atoms with E-state index in [-0.39, 0.29) is 36.2 Å². The normalized spacial score (nSPS) is 21.6. The lowest BCUT2D eigenvalue weighted by molar-refractivity contribution is -0.143. The van der Waals surface area contributed by atoms with Gasteiger partial charge in [0.2, 0.25) is 11.8 Å². The minimum Gasteiger partial charge on any atom is -0.343 e. The summed E-state index contributed by atoms with van der Waals surface area (Å²) in [5.41, 5.74) is 3.07. The number of anilines is 1. The summed E-state index contributed by atoms with van der Waals surface area (Å²) in [4.78, 5) is 48.9. The number of amides is 4. The average molecular weight is 665 g/mol. The van der Waals surface area contributed by atoms with Crippen molar-refractivity contribution in [3.63, 3.8) is 0 Å². The molecule has 0 aliphatic carbocycles. The van der Waals surface area contributed by atoms with Gasteiger partial charge in [0.05, 0.1) is 5.92 Å². The Bertz CT molecular complexity index is 1330. The Balaban J connectivity index is 1.06. The van der Waals surface area contributed by atoms with E-state index in [2.05, 4.69) is 51.4 Å². The number of para-hydroxylation sites is 1. The first-order valence-electron chi connectivity index (χ1n) is 16.5. The van der Waals surface area contributed by atoms with Crippen molar-refractivity contribution in [3.8, 4) is 0 Å². The van der Waals surface area contributed by atoms with Crippen LogP contribution in [-0.2, 0) is 22.6 Å². The summed E-state index contributed by atoms with van der Waals surface area (Å²) >= 11 is 3.57. The zero-order valence-electron chi connectivity index (χ0n) is 25.9. The Hall–Kier alpha value is -2.91. The molecule has 0 unspecified atom stereocenters. The van der Waals surface area contributed by atoms with Gasteiger partial charge in [-0.15, -0.1) is 0 Å². The molecule has 3 saturated heterocycles. The van der Waals surface area contributed by atoms with Crippen molar-refractivity contribution in [2.24, 2.45) is 17.8 Å². The van der Waals surface area contributed by atoms with E-state index >= 15 is 0 Å². The van der Waals surface area contributed by atoms with Gasteiger partial charge in [-0.1, -0.05) is 46.3 Å². The van der Waals surface area contributed by atoms with Gasteiger partial charge < -0.3 is 24.9 Å². The first-order valence-corrected chi connectivity index (χ1v) is 17.3. The number of piperidine rings is 3. The van der Waals surface area contributed by atoms with Crippen molar-refractivity contribution in [2.45, 2.75) is 64.0 Å². The van der Waals surface area contributed by atoms with Crippen LogP contribution in [0.2, 0.25) is 0 Å². The van der Waals surface area contributed by atoms with Crippen LogP contribution in [0.3, 0.4) is 0 Å². The standard InChI is InChI=1S/C35H46BrN5O3/c1-38-15-9-26(10-16-38)27-11-17-40(18-12-27)34(43)29(21-25-5-4-7-30(36)22-25)23-33(42)39-19-13-31(14-20-39)41-24-28-6-2-3-8-32(28)37-35(41)44/h2-8,22,26-27,29,31H,9-21,23-24H2,1H3,(H,37,44)/t29-/m1/s1. The topological polar surface area (TPSA) is 76.2 Å². The SMILES string of the molecule is CN1CCC(C2CCN(C(=O)[C@@H](CC(=O)N3CCC(N4Cc5ccccc5NC4=O)CC3)Cc3cccc(Br)c3)CC2)CC1. The summed E-state index contributed by atoms with van der Waals surface area (Å²) in [6.45, 7) is 5.76. The van der Waals surface area contributed by atoms with Crippen molar-refractivity contribution in [1.29, 1.82) is 0 Å². The number of benzene rings is 2. The molecule has 4 aliphatic rings. The molecule has 0 bridgehead atoms. The molecule has 0 aromatic heterocycles. The van der Waals surface area contributed by atoms with Gasteiger partial charge in [0.25, 0.3) is 0 Å². The predicted octanol–water partition coefficient (Wildman–Crippen LogP) is 5.62. The van der Waals surface area contributed by atoms with Gasteiger partial charge in [0, 0.05) is 55.3 Å². The van der Waals surface area contributed by atoms with Crippen LogP contribution in [0.5, 0.6) is 0 Å². The monoisotopic (exact) mass is 663 g/mol. The number of fused-ring (bicyclic) bond motifs is 1. The smallest absolute Gasteiger partial charge is 0.322 e. The molecule has 1 N–H and O–H groups in total. The molecule has 8 nitrogen and oxygen atoms in total. The summed E-state index contributed by atoms with van der Waals surface area (Å²) < 4.78 is 0.984. The number of halogens is 1. The van der Waals surface area contributed by atoms with Crippen molar-refractivity contribution in [3.05, 3.63) is 64.1 Å². The Morgan fingerprint density at radius 3 is 2.23 bits per heavy atom. The van der Waals surface area contributed by atoms with E-state index < -0.39 is 0 Å². The molecule has 4 amide bonds. The van der Waals surface area contributed by atoms with Crippen LogP contribution in [0.25, 0.3) is 0 Å². The van der Waals surface area contributed by atoms with Crippen LogP contribution < -0.4 is 5.32 Å². The van der Waals surface area contributed by atoms with Crippen molar-refractivity contribution >= 4 is 39.5 Å². The van der Waals surface area contributed by atoms with E-state index in [1.54, 1.807) is 0 Å². The number of rotatable bonds is 7. The fourth-order valence-corrected chi connectivity index (χ4v) is 8.28. The third kappa shape index (κ3) is 7.31. The summed E-state index contributed by atoms with van der Waals surface area (Å²) in [6.07, 6.45) is 6.94. The highest BCUT2D eigenvalue weighted by molar-refractivity contribution is 9.10. The number of likely N-dealkylation sites (tertiary alicyclic amines) is 3. The fraction of sp³-hybridized carbons (Fsp3) is 0.571. The summed E-state index contributed by atoms with van der Waals surface area (Å²) in [6, 6.07) is 16.1. The maximum atomic E-state index is 14.0. The second kappa shape index (κ2) is 14.0. The van der Waals surface area contributed by atoms with Crippen LogP contribution in [0.1, 0.15) is 56.1 Å². The highest BCUT2D eigenvalue weighted by Gasteiger charge is 2.36. The van der Waals surface area contributed by atoms with Crippen molar-refractivity contribution < 1.29 is 14.4 Å². The Morgan fingerprint density at radius 1 is 0.864 bits per heavy atom. The number of carbonyl (C=O) groups excluding carboxylic acids is 3. The molecule has 0 spiro atoms. The highest BCUT2D eigenvalue weighted by Crippen LogP contribution is 2.33. The van der Waals surface area contributed by atoms with Crippen molar-refractivity contribution in [1.82, 2.24) is 19.6 Å². The zero-order valence-corrected chi connectivity index (χ0v) is 27.5. The Labute approximate surface area is 270 Å². The lowest BCUT2D eigenvalue weighted by atomic mass is 9.78. The average Bonchev–Trinajstić information content (AvgIpc) is 3.04. The first-order chi connectivity index (χ1) is 21.3. The van der Waals surface area contributed by atoms with E-state index in [1.165, 1.54) is 25.9 Å². The third-order valence-corrected chi connectivity index (χ3v) is 11.0. The van der Waals surface area contributed by atoms with Crippen molar-refractivity contribution in [2.75, 3.05) is 51.6 Å². The predicted molar refractivity (Wildman–Crippen MR) is 176 cm³/mol. The molecule has 6 rings (SSSR count). The van der Waals surface area contributed by atoms with Crippen LogP contribution in [0, 0.1) is 17.8 Å². The highest BCUT2D eigenvalue weighted by atomic mass is 79.9. The van der Waals surface area contributed by atoms with E-state index in [0.29, 0.717) is 32.0 Å². The molecule has 4 aliphatic heterocycles. The lowest BCUT2D eigenvalue weighted by Crippen LogP contribution is -2.51. The molecule has 0 radical (unpaired) electrons. The van der Waals surface area contributed by atoms with E-state index in [1.807, 2.05) is 45.0 Å². The quantitative estimate of drug-likeness (QED) is 0.418. The van der Waals surface area contributed by atoms with Gasteiger partial charge >= 0.3 is 6.03 Å². The number of hydrogen-bond acceptors (Lipinski definition) is 4. The van der Waals surface area contributed by atoms with Crippen LogP contribution in [0.15, 0.2) is 53.0 Å². The second-order valence-corrected chi connectivity index (χ2v) is 14.3. The van der Waals surface area contributed by atoms with Gasteiger partial charge in [0.1, 0.15) is 0 Å². The molecule has 3 fully saturated rings. The molecule has 4 heterocycles. The van der Waals surface area contributed by atoms with Crippen LogP contribution in [-0.4, -0.2) is 89.8 Å². The summed E-state index contributed by atoms with van der Waals surface area (Å²) in [5, 5.41) is 3.02. The maximum absolute atomic E-state index is 14.0. The first kappa shape index (κ1) is 31.1. The number of urea groups is 1. The number of nitrogens with one attached hydrogen (secondary N) is 1. The van der Waals surface area contributed by atoms with Gasteiger partial charge in [-0.2, -0.15) is 0 Å². The van der Waals surface area contributed by atoms with Gasteiger partial charge in [-0.25, -0.2) is 4.79 Å². The fourth-order valence-electron chi connectivity index (χ4n) is 7.83. The van der Waals surface area contributed by atoms with Crippen LogP contribution >= 0.6 is 15.9 Å². The number of hydrogen-bond donors (Lipinski definition) is 1.